The van der Waals surface area contributed by atoms with Gasteiger partial charge in [0.1, 0.15) is 0 Å². The Morgan fingerprint density at radius 3 is 2.50 bits per heavy atom. The van der Waals surface area contributed by atoms with E-state index in [9.17, 15) is 17.6 Å². The van der Waals surface area contributed by atoms with Crippen LogP contribution in [0, 0.1) is 0 Å². The van der Waals surface area contributed by atoms with Gasteiger partial charge in [-0.15, -0.1) is 6.58 Å². The highest BCUT2D eigenvalue weighted by Gasteiger charge is 2.52. The van der Waals surface area contributed by atoms with Gasteiger partial charge in [0.15, 0.2) is 0 Å². The molecule has 0 aromatic heterocycles. The van der Waals surface area contributed by atoms with E-state index < -0.39 is 30.3 Å². The first-order valence-corrected chi connectivity index (χ1v) is 3.19. The Hall–Kier alpha value is -1.00. The van der Waals surface area contributed by atoms with E-state index in [0.29, 0.717) is 0 Å². The van der Waals surface area contributed by atoms with Crippen molar-refractivity contribution in [2.45, 2.75) is 18.4 Å². The van der Waals surface area contributed by atoms with Crippen LogP contribution in [0.25, 0.3) is 0 Å². The summed E-state index contributed by atoms with van der Waals surface area (Å²) in [6.45, 7) is 3.10. The van der Waals surface area contributed by atoms with Gasteiger partial charge < -0.3 is 4.74 Å². The number of alkyl halides is 2. The van der Waals surface area contributed by atoms with Crippen molar-refractivity contribution in [2.24, 2.45) is 0 Å². The number of rotatable bonds is 2. The van der Waals surface area contributed by atoms with Crippen LogP contribution in [0.3, 0.4) is 0 Å². The molecule has 1 aliphatic heterocycles. The van der Waals surface area contributed by atoms with Gasteiger partial charge in [0.2, 0.25) is 12.0 Å². The molecule has 0 radical (unpaired) electrons. The average molecular weight is 182 g/mol. The summed E-state index contributed by atoms with van der Waals surface area (Å²) < 4.78 is 53.8. The van der Waals surface area contributed by atoms with E-state index in [0.717, 1.165) is 6.08 Å². The Morgan fingerprint density at radius 2 is 2.17 bits per heavy atom. The smallest absolute Gasteiger partial charge is 0.311 e. The highest BCUT2D eigenvalue weighted by atomic mass is 19.2. The van der Waals surface area contributed by atoms with Crippen LogP contribution >= 0.6 is 0 Å². The van der Waals surface area contributed by atoms with Gasteiger partial charge in [-0.2, -0.15) is 8.78 Å². The lowest BCUT2D eigenvalue weighted by molar-refractivity contribution is -0.139. The lowest BCUT2D eigenvalue weighted by Crippen LogP contribution is -2.32. The first kappa shape index (κ1) is 9.09. The number of halogens is 4. The summed E-state index contributed by atoms with van der Waals surface area (Å²) in [4.78, 5) is 0. The molecule has 68 valence electrons. The van der Waals surface area contributed by atoms with Crippen molar-refractivity contribution in [3.8, 4) is 0 Å². The molecule has 5 heteroatoms. The molecular formula is C7H6F4O. The third-order valence-electron chi connectivity index (χ3n) is 1.47. The van der Waals surface area contributed by atoms with Crippen molar-refractivity contribution in [3.63, 3.8) is 0 Å². The summed E-state index contributed by atoms with van der Waals surface area (Å²) >= 11 is 0. The van der Waals surface area contributed by atoms with Crippen LogP contribution in [0.1, 0.15) is 6.42 Å². The minimum atomic E-state index is -2.96. The summed E-state index contributed by atoms with van der Waals surface area (Å²) in [5.74, 6) is -4.80. The molecule has 12 heavy (non-hydrogen) atoms. The van der Waals surface area contributed by atoms with Gasteiger partial charge in [-0.1, -0.05) is 6.08 Å². The predicted octanol–water partition coefficient (Wildman–Crippen LogP) is 2.70. The minimum absolute atomic E-state index is 0.602. The number of hydrogen-bond donors (Lipinski definition) is 0. The maximum atomic E-state index is 13.0. The predicted molar refractivity (Wildman–Crippen MR) is 33.9 cm³/mol. The van der Waals surface area contributed by atoms with Crippen molar-refractivity contribution in [2.75, 3.05) is 0 Å². The molecule has 1 aliphatic rings. The molecule has 1 heterocycles. The molecular weight excluding hydrogens is 176 g/mol. The maximum absolute atomic E-state index is 13.0. The van der Waals surface area contributed by atoms with Crippen molar-refractivity contribution in [3.05, 3.63) is 24.5 Å². The summed E-state index contributed by atoms with van der Waals surface area (Å²) in [5, 5.41) is 0. The molecule has 2 unspecified atom stereocenters. The quantitative estimate of drug-likeness (QED) is 0.471. The van der Waals surface area contributed by atoms with Gasteiger partial charge in [0, 0.05) is 6.42 Å². The lowest BCUT2D eigenvalue weighted by atomic mass is 10.1. The Balaban J connectivity index is 2.83. The molecule has 0 aromatic rings. The van der Waals surface area contributed by atoms with E-state index in [1.807, 2.05) is 0 Å². The van der Waals surface area contributed by atoms with Crippen molar-refractivity contribution in [1.29, 1.82) is 0 Å². The highest BCUT2D eigenvalue weighted by Crippen LogP contribution is 2.41. The van der Waals surface area contributed by atoms with Gasteiger partial charge in [-0.05, 0) is 0 Å². The largest absolute Gasteiger partial charge is 0.428 e. The number of ether oxygens (including phenoxy) is 1. The molecule has 0 saturated carbocycles. The minimum Gasteiger partial charge on any atom is -0.428 e. The van der Waals surface area contributed by atoms with Crippen LogP contribution in [0.15, 0.2) is 24.5 Å². The van der Waals surface area contributed by atoms with Crippen LogP contribution in [0.5, 0.6) is 0 Å². The fourth-order valence-corrected chi connectivity index (χ4v) is 0.880. The molecule has 0 fully saturated rings. The third kappa shape index (κ3) is 1.19. The normalized spacial score (nSPS) is 35.2. The summed E-state index contributed by atoms with van der Waals surface area (Å²) in [7, 11) is 0. The van der Waals surface area contributed by atoms with E-state index in [-0.39, 0.29) is 0 Å². The fourth-order valence-electron chi connectivity index (χ4n) is 0.880. The molecule has 0 aliphatic carbocycles. The molecule has 0 aromatic carbocycles. The van der Waals surface area contributed by atoms with Crippen molar-refractivity contribution in [1.82, 2.24) is 0 Å². The van der Waals surface area contributed by atoms with Gasteiger partial charge >= 0.3 is 6.01 Å². The molecule has 0 spiro atoms. The first-order chi connectivity index (χ1) is 5.51. The van der Waals surface area contributed by atoms with E-state index in [2.05, 4.69) is 11.3 Å². The third-order valence-corrected chi connectivity index (χ3v) is 1.47. The lowest BCUT2D eigenvalue weighted by Gasteiger charge is -2.18. The van der Waals surface area contributed by atoms with Crippen molar-refractivity contribution < 1.29 is 22.3 Å². The molecule has 2 atom stereocenters. The standard InChI is InChI=1S/C7H6F4O/c1-2-3-7(11)5(9)4(8)6(10)12-7/h2,5H,1,3H2. The van der Waals surface area contributed by atoms with Crippen LogP contribution in [-0.4, -0.2) is 12.0 Å². The van der Waals surface area contributed by atoms with E-state index in [1.54, 1.807) is 0 Å². The van der Waals surface area contributed by atoms with Crippen molar-refractivity contribution >= 4 is 0 Å². The Labute approximate surface area is 66.3 Å². The molecule has 0 bridgehead atoms. The average Bonchev–Trinajstić information content (AvgIpc) is 2.17. The van der Waals surface area contributed by atoms with E-state index in [4.69, 9.17) is 0 Å². The zero-order valence-electron chi connectivity index (χ0n) is 5.99. The summed E-state index contributed by atoms with van der Waals surface area (Å²) in [5.41, 5.74) is 0. The second kappa shape index (κ2) is 2.80. The van der Waals surface area contributed by atoms with E-state index >= 15 is 0 Å². The van der Waals surface area contributed by atoms with Gasteiger partial charge in [0.25, 0.3) is 5.85 Å². The first-order valence-electron chi connectivity index (χ1n) is 3.19. The van der Waals surface area contributed by atoms with Crippen LogP contribution in [-0.2, 0) is 4.74 Å². The number of hydrogen-bond acceptors (Lipinski definition) is 1. The Bertz CT molecular complexity index is 238. The van der Waals surface area contributed by atoms with E-state index in [1.165, 1.54) is 0 Å². The molecule has 0 saturated heterocycles. The molecule has 1 nitrogen and oxygen atoms in total. The van der Waals surface area contributed by atoms with Gasteiger partial charge in [0.05, 0.1) is 0 Å². The maximum Gasteiger partial charge on any atom is 0.311 e. The Kier molecular flexibility index (Phi) is 2.12. The zero-order chi connectivity index (χ0) is 9.35. The summed E-state index contributed by atoms with van der Waals surface area (Å²) in [6.07, 6.45) is -2.32. The molecule has 1 rings (SSSR count). The Morgan fingerprint density at radius 1 is 1.58 bits per heavy atom. The zero-order valence-corrected chi connectivity index (χ0v) is 5.99. The SMILES string of the molecule is C=CCC1(F)OC(F)=C(F)C1F. The van der Waals surface area contributed by atoms with Gasteiger partial charge in [-0.3, -0.25) is 0 Å². The van der Waals surface area contributed by atoms with Crippen LogP contribution < -0.4 is 0 Å². The second-order valence-corrected chi connectivity index (χ2v) is 2.37. The molecule has 0 amide bonds. The van der Waals surface area contributed by atoms with Gasteiger partial charge in [-0.25, -0.2) is 8.78 Å². The van der Waals surface area contributed by atoms with Crippen LogP contribution in [0.4, 0.5) is 17.6 Å². The summed E-state index contributed by atoms with van der Waals surface area (Å²) in [6, 6.07) is -1.83. The monoisotopic (exact) mass is 182 g/mol. The molecule has 0 N–H and O–H groups in total. The fraction of sp³-hybridized carbons (Fsp3) is 0.429. The van der Waals surface area contributed by atoms with Crippen LogP contribution in [0.2, 0.25) is 0 Å². The second-order valence-electron chi connectivity index (χ2n) is 2.37. The topological polar surface area (TPSA) is 9.23 Å². The highest BCUT2D eigenvalue weighted by molar-refractivity contribution is 5.13.